The van der Waals surface area contributed by atoms with Gasteiger partial charge in [0.1, 0.15) is 24.1 Å². The van der Waals surface area contributed by atoms with Gasteiger partial charge in [-0.05, 0) is 33.6 Å². The highest BCUT2D eigenvalue weighted by Gasteiger charge is 2.42. The zero-order valence-electron chi connectivity index (χ0n) is 11.8. The molecule has 0 spiro atoms. The Hall–Kier alpha value is -1.60. The second kappa shape index (κ2) is 7.31. The maximum absolute atomic E-state index is 13.7. The summed E-state index contributed by atoms with van der Waals surface area (Å²) in [5, 5.41) is 9.08. The molecule has 2 aromatic rings. The molecule has 0 aromatic heterocycles. The first kappa shape index (κ1) is 17.7. The molecule has 0 saturated carbocycles. The average Bonchev–Trinajstić information content (AvgIpc) is 2.49. The minimum absolute atomic E-state index is 0.0109. The predicted molar refractivity (Wildman–Crippen MR) is 80.8 cm³/mol. The number of halogens is 5. The van der Waals surface area contributed by atoms with Crippen molar-refractivity contribution in [3.8, 4) is 5.75 Å². The topological polar surface area (TPSA) is 29.5 Å². The number of hydrogen-bond donors (Lipinski definition) is 1. The highest BCUT2D eigenvalue weighted by molar-refractivity contribution is 9.10. The Kier molecular flexibility index (Phi) is 5.64. The summed E-state index contributed by atoms with van der Waals surface area (Å²) in [6, 6.07) is 10.7. The molecule has 0 radical (unpaired) electrons. The molecule has 23 heavy (non-hydrogen) atoms. The molecule has 0 aliphatic rings. The number of benzene rings is 2. The lowest BCUT2D eigenvalue weighted by molar-refractivity contribution is -0.158. The Morgan fingerprint density at radius 1 is 1.13 bits per heavy atom. The smallest absolute Gasteiger partial charge is 0.398 e. The van der Waals surface area contributed by atoms with Crippen LogP contribution in [-0.2, 0) is 6.61 Å². The van der Waals surface area contributed by atoms with Gasteiger partial charge in [-0.25, -0.2) is 4.39 Å². The van der Waals surface area contributed by atoms with E-state index in [0.717, 1.165) is 17.7 Å². The molecule has 124 valence electrons. The molecule has 0 heterocycles. The van der Waals surface area contributed by atoms with Gasteiger partial charge < -0.3 is 9.84 Å². The summed E-state index contributed by atoms with van der Waals surface area (Å²) in [6.07, 6.45) is -4.71. The lowest BCUT2D eigenvalue weighted by Gasteiger charge is -2.22. The van der Waals surface area contributed by atoms with E-state index in [1.807, 2.05) is 0 Å². The lowest BCUT2D eigenvalue weighted by Crippen LogP contribution is -2.25. The minimum Gasteiger partial charge on any atom is -0.489 e. The van der Waals surface area contributed by atoms with E-state index < -0.39 is 30.1 Å². The second-order valence-corrected chi connectivity index (χ2v) is 5.71. The molecule has 0 saturated heterocycles. The van der Waals surface area contributed by atoms with Gasteiger partial charge in [0, 0.05) is 5.56 Å². The maximum atomic E-state index is 13.7. The van der Waals surface area contributed by atoms with Crippen molar-refractivity contribution in [2.45, 2.75) is 18.7 Å². The summed E-state index contributed by atoms with van der Waals surface area (Å²) in [7, 11) is 0. The summed E-state index contributed by atoms with van der Waals surface area (Å²) >= 11 is 2.93. The van der Waals surface area contributed by atoms with Crippen molar-refractivity contribution in [2.75, 3.05) is 6.61 Å². The lowest BCUT2D eigenvalue weighted by atomic mass is 9.98. The molecular weight excluding hydrogens is 380 g/mol. The fourth-order valence-corrected chi connectivity index (χ4v) is 2.38. The first-order valence-corrected chi connectivity index (χ1v) is 7.45. The van der Waals surface area contributed by atoms with E-state index in [4.69, 9.17) is 9.84 Å². The molecule has 7 heteroatoms. The monoisotopic (exact) mass is 392 g/mol. The van der Waals surface area contributed by atoms with E-state index >= 15 is 0 Å². The van der Waals surface area contributed by atoms with Crippen LogP contribution in [0, 0.1) is 5.82 Å². The van der Waals surface area contributed by atoms with Gasteiger partial charge in [-0.3, -0.25) is 0 Å². The van der Waals surface area contributed by atoms with Crippen molar-refractivity contribution in [3.63, 3.8) is 0 Å². The van der Waals surface area contributed by atoms with Crippen molar-refractivity contribution in [1.82, 2.24) is 0 Å². The Morgan fingerprint density at radius 3 is 2.35 bits per heavy atom. The average molecular weight is 393 g/mol. The standard InChI is InChI=1S/C16H13BrF4O2/c17-13-7-15(23-9-10-4-2-1-3-5-10)11(6-14(13)18)12(8-22)16(19,20)21/h1-7,12,22H,8-9H2. The number of hydrogen-bond acceptors (Lipinski definition) is 2. The summed E-state index contributed by atoms with van der Waals surface area (Å²) in [4.78, 5) is 0. The molecule has 1 unspecified atom stereocenters. The van der Waals surface area contributed by atoms with Gasteiger partial charge >= 0.3 is 6.18 Å². The molecule has 0 fully saturated rings. The van der Waals surface area contributed by atoms with Gasteiger partial charge in [0.2, 0.25) is 0 Å². The summed E-state index contributed by atoms with van der Waals surface area (Å²) in [5.41, 5.74) is 0.322. The normalized spacial score (nSPS) is 13.0. The summed E-state index contributed by atoms with van der Waals surface area (Å²) < 4.78 is 58.2. The van der Waals surface area contributed by atoms with Crippen LogP contribution in [0.4, 0.5) is 17.6 Å². The van der Waals surface area contributed by atoms with Crippen molar-refractivity contribution < 1.29 is 27.4 Å². The molecular formula is C16H13BrF4O2. The van der Waals surface area contributed by atoms with E-state index in [1.165, 1.54) is 0 Å². The van der Waals surface area contributed by atoms with Crippen LogP contribution >= 0.6 is 15.9 Å². The zero-order valence-corrected chi connectivity index (χ0v) is 13.4. The van der Waals surface area contributed by atoms with Crippen LogP contribution in [0.15, 0.2) is 46.9 Å². The minimum atomic E-state index is -4.71. The van der Waals surface area contributed by atoms with E-state index in [9.17, 15) is 17.6 Å². The SMILES string of the molecule is OCC(c1cc(F)c(Br)cc1OCc1ccccc1)C(F)(F)F. The first-order valence-electron chi connectivity index (χ1n) is 6.66. The van der Waals surface area contributed by atoms with E-state index in [2.05, 4.69) is 15.9 Å². The van der Waals surface area contributed by atoms with Crippen molar-refractivity contribution in [2.24, 2.45) is 0 Å². The van der Waals surface area contributed by atoms with Crippen LogP contribution in [-0.4, -0.2) is 17.9 Å². The molecule has 2 nitrogen and oxygen atoms in total. The van der Waals surface area contributed by atoms with E-state index in [-0.39, 0.29) is 16.8 Å². The Bertz CT molecular complexity index is 659. The number of rotatable bonds is 5. The highest BCUT2D eigenvalue weighted by Crippen LogP contribution is 2.40. The molecule has 0 bridgehead atoms. The summed E-state index contributed by atoms with van der Waals surface area (Å²) in [5.74, 6) is -3.19. The maximum Gasteiger partial charge on any atom is 0.398 e. The van der Waals surface area contributed by atoms with Gasteiger partial charge in [-0.2, -0.15) is 13.2 Å². The largest absolute Gasteiger partial charge is 0.489 e. The molecule has 2 aromatic carbocycles. The van der Waals surface area contributed by atoms with Gasteiger partial charge in [-0.1, -0.05) is 30.3 Å². The van der Waals surface area contributed by atoms with Crippen LogP contribution in [0.3, 0.4) is 0 Å². The van der Waals surface area contributed by atoms with Crippen molar-refractivity contribution in [1.29, 1.82) is 0 Å². The number of alkyl halides is 3. The third-order valence-electron chi connectivity index (χ3n) is 3.24. The predicted octanol–water partition coefficient (Wildman–Crippen LogP) is 4.81. The number of aliphatic hydroxyl groups is 1. The van der Waals surface area contributed by atoms with Gasteiger partial charge in [0.05, 0.1) is 11.1 Å². The number of ether oxygens (including phenoxy) is 1. The van der Waals surface area contributed by atoms with Crippen LogP contribution in [0.5, 0.6) is 5.75 Å². The van der Waals surface area contributed by atoms with Crippen molar-refractivity contribution >= 4 is 15.9 Å². The molecule has 0 aliphatic heterocycles. The molecule has 2 rings (SSSR count). The number of aliphatic hydroxyl groups excluding tert-OH is 1. The Labute approximate surface area is 138 Å². The molecule has 0 aliphatic carbocycles. The Morgan fingerprint density at radius 2 is 1.78 bits per heavy atom. The highest BCUT2D eigenvalue weighted by atomic mass is 79.9. The van der Waals surface area contributed by atoms with E-state index in [0.29, 0.717) is 0 Å². The van der Waals surface area contributed by atoms with Crippen LogP contribution in [0.2, 0.25) is 0 Å². The molecule has 1 atom stereocenters. The van der Waals surface area contributed by atoms with Crippen molar-refractivity contribution in [3.05, 3.63) is 63.9 Å². The van der Waals surface area contributed by atoms with Gasteiger partial charge in [0.15, 0.2) is 0 Å². The zero-order chi connectivity index (χ0) is 17.0. The molecule has 1 N–H and O–H groups in total. The molecule has 0 amide bonds. The van der Waals surface area contributed by atoms with Crippen LogP contribution in [0.1, 0.15) is 17.0 Å². The van der Waals surface area contributed by atoms with Crippen LogP contribution < -0.4 is 4.74 Å². The fraction of sp³-hybridized carbons (Fsp3) is 0.250. The quantitative estimate of drug-likeness (QED) is 0.740. The Balaban J connectivity index is 2.35. The van der Waals surface area contributed by atoms with Gasteiger partial charge in [0.25, 0.3) is 0 Å². The van der Waals surface area contributed by atoms with Crippen LogP contribution in [0.25, 0.3) is 0 Å². The third-order valence-corrected chi connectivity index (χ3v) is 3.85. The first-order chi connectivity index (χ1) is 10.8. The second-order valence-electron chi connectivity index (χ2n) is 4.86. The summed E-state index contributed by atoms with van der Waals surface area (Å²) in [6.45, 7) is -1.16. The fourth-order valence-electron chi connectivity index (χ4n) is 2.05. The van der Waals surface area contributed by atoms with E-state index in [1.54, 1.807) is 30.3 Å². The third kappa shape index (κ3) is 4.45. The van der Waals surface area contributed by atoms with Gasteiger partial charge in [-0.15, -0.1) is 0 Å².